The summed E-state index contributed by atoms with van der Waals surface area (Å²) in [5.41, 5.74) is 0.817. The van der Waals surface area contributed by atoms with Gasteiger partial charge in [-0.15, -0.1) is 0 Å². The smallest absolute Gasteiger partial charge is 0.277 e. The molecule has 0 spiro atoms. The average molecular weight is 252 g/mol. The zero-order valence-electron chi connectivity index (χ0n) is 9.10. The van der Waals surface area contributed by atoms with E-state index in [0.717, 1.165) is 19.4 Å². The number of aromatic amines is 2. The van der Waals surface area contributed by atoms with Crippen molar-refractivity contribution in [2.75, 3.05) is 6.61 Å². The molecule has 0 aliphatic carbocycles. The molecule has 17 heavy (non-hydrogen) atoms. The van der Waals surface area contributed by atoms with Crippen molar-refractivity contribution in [3.63, 3.8) is 0 Å². The molecule has 3 heterocycles. The minimum Gasteiger partial charge on any atom is -0.376 e. The van der Waals surface area contributed by atoms with Crippen LogP contribution in [0.1, 0.15) is 12.8 Å². The number of rotatable bonds is 2. The predicted octanol–water partition coefficient (Wildman–Crippen LogP) is 0.961. The van der Waals surface area contributed by atoms with E-state index in [2.05, 4.69) is 15.0 Å². The third-order valence-electron chi connectivity index (χ3n) is 2.98. The Kier molecular flexibility index (Phi) is 2.56. The van der Waals surface area contributed by atoms with Crippen molar-refractivity contribution >= 4 is 23.4 Å². The lowest BCUT2D eigenvalue weighted by atomic mass is 10.2. The monoisotopic (exact) mass is 252 g/mol. The third kappa shape index (κ3) is 1.81. The van der Waals surface area contributed by atoms with E-state index >= 15 is 0 Å². The van der Waals surface area contributed by atoms with Crippen LogP contribution in [-0.4, -0.2) is 32.2 Å². The highest BCUT2D eigenvalue weighted by Gasteiger charge is 2.18. The number of ether oxygens (including phenoxy) is 1. The van der Waals surface area contributed by atoms with Crippen molar-refractivity contribution < 1.29 is 4.74 Å². The van der Waals surface area contributed by atoms with Gasteiger partial charge in [-0.1, -0.05) is 0 Å². The molecule has 2 aromatic heterocycles. The van der Waals surface area contributed by atoms with E-state index in [-0.39, 0.29) is 11.7 Å². The van der Waals surface area contributed by atoms with Gasteiger partial charge in [0.15, 0.2) is 10.4 Å². The Morgan fingerprint density at radius 1 is 1.65 bits per heavy atom. The number of nitrogens with zero attached hydrogens (tertiary/aromatic N) is 2. The highest BCUT2D eigenvalue weighted by Crippen LogP contribution is 2.15. The van der Waals surface area contributed by atoms with Gasteiger partial charge in [-0.25, -0.2) is 4.98 Å². The lowest BCUT2D eigenvalue weighted by Gasteiger charge is -2.12. The largest absolute Gasteiger partial charge is 0.376 e. The standard InChI is InChI=1S/C10H12N4O2S/c15-9-7-8(12-5-11-7)14(10(17)13-9)4-6-2-1-3-16-6/h5-6H,1-4H2,(H,11,12)(H,13,15,17). The summed E-state index contributed by atoms with van der Waals surface area (Å²) in [7, 11) is 0. The first kappa shape index (κ1) is 10.7. The van der Waals surface area contributed by atoms with Crippen LogP contribution in [0.15, 0.2) is 11.1 Å². The summed E-state index contributed by atoms with van der Waals surface area (Å²) in [5, 5.41) is 0. The number of nitrogens with one attached hydrogen (secondary N) is 2. The molecular formula is C10H12N4O2S. The van der Waals surface area contributed by atoms with Gasteiger partial charge in [0.1, 0.15) is 5.52 Å². The SMILES string of the molecule is O=c1[nH]c(=S)n(CC2CCCO2)c2nc[nH]c12. The zero-order valence-corrected chi connectivity index (χ0v) is 9.92. The topological polar surface area (TPSA) is 75.7 Å². The minimum atomic E-state index is -0.230. The van der Waals surface area contributed by atoms with Crippen LogP contribution in [0, 0.1) is 4.77 Å². The molecule has 1 fully saturated rings. The molecule has 2 N–H and O–H groups in total. The summed E-state index contributed by atoms with van der Waals surface area (Å²) in [5.74, 6) is 0. The molecule has 0 amide bonds. The molecule has 7 heteroatoms. The molecule has 90 valence electrons. The molecule has 1 aliphatic rings. The van der Waals surface area contributed by atoms with Crippen molar-refractivity contribution in [3.8, 4) is 0 Å². The van der Waals surface area contributed by atoms with Crippen molar-refractivity contribution in [3.05, 3.63) is 21.5 Å². The lowest BCUT2D eigenvalue weighted by molar-refractivity contribution is 0.0972. The summed E-state index contributed by atoms with van der Waals surface area (Å²) in [6.45, 7) is 1.43. The van der Waals surface area contributed by atoms with Crippen LogP contribution in [0.3, 0.4) is 0 Å². The molecule has 0 bridgehead atoms. The molecule has 0 saturated carbocycles. The first-order valence-corrected chi connectivity index (χ1v) is 5.94. The summed E-state index contributed by atoms with van der Waals surface area (Å²) in [4.78, 5) is 21.2. The molecule has 6 nitrogen and oxygen atoms in total. The Labute approximate surface area is 102 Å². The predicted molar refractivity (Wildman–Crippen MR) is 64.5 cm³/mol. The van der Waals surface area contributed by atoms with Gasteiger partial charge in [0.25, 0.3) is 5.56 Å². The Balaban J connectivity index is 2.11. The van der Waals surface area contributed by atoms with E-state index < -0.39 is 0 Å². The van der Waals surface area contributed by atoms with Crippen LogP contribution in [0.2, 0.25) is 0 Å². The summed E-state index contributed by atoms with van der Waals surface area (Å²) >= 11 is 5.17. The molecule has 0 aromatic carbocycles. The fraction of sp³-hybridized carbons (Fsp3) is 0.500. The molecule has 1 atom stereocenters. The van der Waals surface area contributed by atoms with Gasteiger partial charge in [-0.3, -0.25) is 14.3 Å². The van der Waals surface area contributed by atoms with E-state index in [9.17, 15) is 4.79 Å². The first-order chi connectivity index (χ1) is 8.25. The van der Waals surface area contributed by atoms with E-state index in [1.54, 1.807) is 0 Å². The van der Waals surface area contributed by atoms with Crippen LogP contribution in [0.4, 0.5) is 0 Å². The Bertz CT molecular complexity index is 650. The maximum absolute atomic E-state index is 11.6. The van der Waals surface area contributed by atoms with Gasteiger partial charge < -0.3 is 9.72 Å². The second kappa shape index (κ2) is 4.08. The Morgan fingerprint density at radius 3 is 3.29 bits per heavy atom. The van der Waals surface area contributed by atoms with E-state index in [1.165, 1.54) is 6.33 Å². The molecule has 3 rings (SSSR count). The van der Waals surface area contributed by atoms with Crippen LogP contribution in [0.25, 0.3) is 11.2 Å². The summed E-state index contributed by atoms with van der Waals surface area (Å²) in [6, 6.07) is 0. The molecule has 1 aliphatic heterocycles. The maximum Gasteiger partial charge on any atom is 0.277 e. The van der Waals surface area contributed by atoms with Gasteiger partial charge in [-0.2, -0.15) is 0 Å². The van der Waals surface area contributed by atoms with E-state index in [4.69, 9.17) is 17.0 Å². The van der Waals surface area contributed by atoms with E-state index in [1.807, 2.05) is 4.57 Å². The average Bonchev–Trinajstić information content (AvgIpc) is 2.95. The Hall–Kier alpha value is -1.47. The minimum absolute atomic E-state index is 0.160. The number of hydrogen-bond acceptors (Lipinski definition) is 4. The van der Waals surface area contributed by atoms with Gasteiger partial charge in [0.05, 0.1) is 19.0 Å². The van der Waals surface area contributed by atoms with Gasteiger partial charge in [0, 0.05) is 6.61 Å². The van der Waals surface area contributed by atoms with Crippen molar-refractivity contribution in [1.82, 2.24) is 19.5 Å². The van der Waals surface area contributed by atoms with Crippen LogP contribution in [0.5, 0.6) is 0 Å². The van der Waals surface area contributed by atoms with Crippen molar-refractivity contribution in [2.24, 2.45) is 0 Å². The quantitative estimate of drug-likeness (QED) is 0.781. The molecule has 2 aromatic rings. The van der Waals surface area contributed by atoms with E-state index in [0.29, 0.717) is 22.5 Å². The van der Waals surface area contributed by atoms with Crippen LogP contribution < -0.4 is 5.56 Å². The number of fused-ring (bicyclic) bond motifs is 1. The van der Waals surface area contributed by atoms with Gasteiger partial charge in [-0.05, 0) is 25.1 Å². The maximum atomic E-state index is 11.6. The number of imidazole rings is 1. The number of aromatic nitrogens is 4. The second-order valence-corrected chi connectivity index (χ2v) is 4.49. The highest BCUT2D eigenvalue weighted by atomic mass is 32.1. The third-order valence-corrected chi connectivity index (χ3v) is 3.30. The van der Waals surface area contributed by atoms with Gasteiger partial charge in [0.2, 0.25) is 0 Å². The number of H-pyrrole nitrogens is 2. The van der Waals surface area contributed by atoms with Gasteiger partial charge >= 0.3 is 0 Å². The zero-order chi connectivity index (χ0) is 11.8. The fourth-order valence-electron chi connectivity index (χ4n) is 2.14. The molecule has 0 radical (unpaired) electrons. The van der Waals surface area contributed by atoms with Crippen LogP contribution >= 0.6 is 12.2 Å². The highest BCUT2D eigenvalue weighted by molar-refractivity contribution is 7.71. The normalized spacial score (nSPS) is 20.1. The van der Waals surface area contributed by atoms with Crippen molar-refractivity contribution in [1.29, 1.82) is 0 Å². The van der Waals surface area contributed by atoms with Crippen LogP contribution in [-0.2, 0) is 11.3 Å². The van der Waals surface area contributed by atoms with Crippen molar-refractivity contribution in [2.45, 2.75) is 25.5 Å². The summed E-state index contributed by atoms with van der Waals surface area (Å²) in [6.07, 6.45) is 3.76. The molecular weight excluding hydrogens is 240 g/mol. The summed E-state index contributed by atoms with van der Waals surface area (Å²) < 4.78 is 7.78. The Morgan fingerprint density at radius 2 is 2.53 bits per heavy atom. The molecule has 1 saturated heterocycles. The number of hydrogen-bond donors (Lipinski definition) is 2. The lowest BCUT2D eigenvalue weighted by Crippen LogP contribution is -2.20. The molecule has 1 unspecified atom stereocenters. The fourth-order valence-corrected chi connectivity index (χ4v) is 2.40. The first-order valence-electron chi connectivity index (χ1n) is 5.53. The second-order valence-electron chi connectivity index (χ2n) is 4.11.